The molecular weight excluding hydrogens is 350 g/mol. The molecule has 0 spiro atoms. The van der Waals surface area contributed by atoms with Gasteiger partial charge in [-0.2, -0.15) is 5.26 Å². The third-order valence-electron chi connectivity index (χ3n) is 4.82. The van der Waals surface area contributed by atoms with E-state index in [1.165, 1.54) is 18.3 Å². The molecule has 1 saturated heterocycles. The van der Waals surface area contributed by atoms with Crippen molar-refractivity contribution in [3.8, 4) is 6.07 Å². The number of anilines is 1. The minimum absolute atomic E-state index is 0.327. The molecule has 1 aliphatic rings. The van der Waals surface area contributed by atoms with E-state index in [-0.39, 0.29) is 5.82 Å². The smallest absolute Gasteiger partial charge is 0.206 e. The highest BCUT2D eigenvalue weighted by atomic mass is 19.1. The standard InChI is InChI=1S/C19H18F2N6/c20-13-2-4-18-17(7-13)25-19(26-6-5-15(21)16(23)11-26)27(18)10-14-3-1-12(8-22)9-24-14/h1-4,7,9,15-16H,5-6,10-11,23H2/t15-,16-/m1/s1. The number of nitriles is 1. The lowest BCUT2D eigenvalue weighted by molar-refractivity contribution is 0.243. The fraction of sp³-hybridized carbons (Fsp3) is 0.316. The number of fused-ring (bicyclic) bond motifs is 1. The molecule has 0 unspecified atom stereocenters. The van der Waals surface area contributed by atoms with Crippen LogP contribution in [0.5, 0.6) is 0 Å². The second kappa shape index (κ2) is 6.93. The van der Waals surface area contributed by atoms with Crippen molar-refractivity contribution in [2.75, 3.05) is 18.0 Å². The van der Waals surface area contributed by atoms with Crippen LogP contribution in [-0.2, 0) is 6.54 Å². The SMILES string of the molecule is N#Cc1ccc(Cn2c(N3CC[C@@H](F)[C@H](N)C3)nc3cc(F)ccc32)nc1. The highest BCUT2D eigenvalue weighted by Gasteiger charge is 2.29. The Hall–Kier alpha value is -3.05. The maximum absolute atomic E-state index is 13.8. The van der Waals surface area contributed by atoms with Gasteiger partial charge in [-0.05, 0) is 30.7 Å². The summed E-state index contributed by atoms with van der Waals surface area (Å²) in [5.41, 5.74) is 8.40. The van der Waals surface area contributed by atoms with Gasteiger partial charge >= 0.3 is 0 Å². The van der Waals surface area contributed by atoms with Gasteiger partial charge in [0.2, 0.25) is 5.95 Å². The van der Waals surface area contributed by atoms with Gasteiger partial charge in [0.05, 0.1) is 34.9 Å². The fourth-order valence-corrected chi connectivity index (χ4v) is 3.37. The van der Waals surface area contributed by atoms with E-state index in [1.54, 1.807) is 18.2 Å². The summed E-state index contributed by atoms with van der Waals surface area (Å²) in [6.45, 7) is 1.23. The van der Waals surface area contributed by atoms with Gasteiger partial charge in [-0.1, -0.05) is 0 Å². The molecule has 2 atom stereocenters. The van der Waals surface area contributed by atoms with Crippen molar-refractivity contribution in [1.82, 2.24) is 14.5 Å². The summed E-state index contributed by atoms with van der Waals surface area (Å²) in [4.78, 5) is 10.8. The average Bonchev–Trinajstić information content (AvgIpc) is 3.02. The third-order valence-corrected chi connectivity index (χ3v) is 4.82. The molecule has 3 aromatic rings. The van der Waals surface area contributed by atoms with Crippen LogP contribution in [0.25, 0.3) is 11.0 Å². The normalized spacial score (nSPS) is 20.0. The van der Waals surface area contributed by atoms with Crippen LogP contribution in [-0.4, -0.2) is 39.8 Å². The number of halogens is 2. The third kappa shape index (κ3) is 3.34. The van der Waals surface area contributed by atoms with Gasteiger partial charge in [-0.15, -0.1) is 0 Å². The van der Waals surface area contributed by atoms with Crippen LogP contribution in [0.2, 0.25) is 0 Å². The lowest BCUT2D eigenvalue weighted by Crippen LogP contribution is -2.50. The molecular formula is C19H18F2N6. The minimum atomic E-state index is -1.03. The molecule has 1 aliphatic heterocycles. The van der Waals surface area contributed by atoms with Crippen molar-refractivity contribution in [2.45, 2.75) is 25.2 Å². The number of aromatic nitrogens is 3. The largest absolute Gasteiger partial charge is 0.340 e. The minimum Gasteiger partial charge on any atom is -0.340 e. The zero-order valence-electron chi connectivity index (χ0n) is 14.5. The molecule has 0 saturated carbocycles. The van der Waals surface area contributed by atoms with Crippen LogP contribution < -0.4 is 10.6 Å². The first-order valence-electron chi connectivity index (χ1n) is 8.70. The van der Waals surface area contributed by atoms with E-state index in [0.29, 0.717) is 43.1 Å². The summed E-state index contributed by atoms with van der Waals surface area (Å²) >= 11 is 0. The number of nitrogens with two attached hydrogens (primary N) is 1. The van der Waals surface area contributed by atoms with Gasteiger partial charge < -0.3 is 15.2 Å². The summed E-state index contributed by atoms with van der Waals surface area (Å²) in [6, 6.07) is 9.36. The first kappa shape index (κ1) is 17.4. The number of nitrogens with zero attached hydrogens (tertiary/aromatic N) is 5. The van der Waals surface area contributed by atoms with Crippen molar-refractivity contribution in [2.24, 2.45) is 5.73 Å². The Kier molecular flexibility index (Phi) is 4.46. The van der Waals surface area contributed by atoms with Crippen LogP contribution in [0.3, 0.4) is 0 Å². The number of imidazole rings is 1. The van der Waals surface area contributed by atoms with Crippen LogP contribution in [0, 0.1) is 17.1 Å². The van der Waals surface area contributed by atoms with E-state index in [1.807, 2.05) is 15.5 Å². The van der Waals surface area contributed by atoms with Crippen molar-refractivity contribution in [1.29, 1.82) is 5.26 Å². The molecule has 0 radical (unpaired) electrons. The zero-order valence-corrected chi connectivity index (χ0v) is 14.5. The van der Waals surface area contributed by atoms with Crippen LogP contribution >= 0.6 is 0 Å². The van der Waals surface area contributed by atoms with Crippen LogP contribution in [0.15, 0.2) is 36.5 Å². The first-order chi connectivity index (χ1) is 13.0. The molecule has 3 heterocycles. The predicted octanol–water partition coefficient (Wildman–Crippen LogP) is 2.37. The summed E-state index contributed by atoms with van der Waals surface area (Å²) < 4.78 is 29.4. The Bertz CT molecular complexity index is 1010. The Balaban J connectivity index is 1.75. The molecule has 2 N–H and O–H groups in total. The van der Waals surface area contributed by atoms with Gasteiger partial charge in [0, 0.05) is 25.4 Å². The van der Waals surface area contributed by atoms with E-state index < -0.39 is 12.2 Å². The molecule has 138 valence electrons. The Morgan fingerprint density at radius 1 is 1.30 bits per heavy atom. The first-order valence-corrected chi connectivity index (χ1v) is 8.70. The molecule has 8 heteroatoms. The number of pyridine rings is 1. The highest BCUT2D eigenvalue weighted by Crippen LogP contribution is 2.27. The van der Waals surface area contributed by atoms with Crippen molar-refractivity contribution >= 4 is 17.0 Å². The number of hydrogen-bond acceptors (Lipinski definition) is 5. The summed E-state index contributed by atoms with van der Waals surface area (Å²) in [7, 11) is 0. The quantitative estimate of drug-likeness (QED) is 0.767. The van der Waals surface area contributed by atoms with Crippen molar-refractivity contribution in [3.63, 3.8) is 0 Å². The number of piperidine rings is 1. The molecule has 0 bridgehead atoms. The summed E-state index contributed by atoms with van der Waals surface area (Å²) in [5, 5.41) is 8.92. The van der Waals surface area contributed by atoms with E-state index >= 15 is 0 Å². The molecule has 1 fully saturated rings. The molecule has 4 rings (SSSR count). The zero-order chi connectivity index (χ0) is 19.0. The van der Waals surface area contributed by atoms with E-state index in [2.05, 4.69) is 9.97 Å². The van der Waals surface area contributed by atoms with E-state index in [4.69, 9.17) is 11.0 Å². The topological polar surface area (TPSA) is 83.8 Å². The fourth-order valence-electron chi connectivity index (χ4n) is 3.37. The second-order valence-corrected chi connectivity index (χ2v) is 6.70. The maximum atomic E-state index is 13.8. The lowest BCUT2D eigenvalue weighted by Gasteiger charge is -2.34. The van der Waals surface area contributed by atoms with Gasteiger partial charge in [-0.3, -0.25) is 4.98 Å². The van der Waals surface area contributed by atoms with Gasteiger partial charge in [0.1, 0.15) is 18.1 Å². The average molecular weight is 368 g/mol. The van der Waals surface area contributed by atoms with Crippen molar-refractivity contribution < 1.29 is 8.78 Å². The number of benzene rings is 1. The summed E-state index contributed by atoms with van der Waals surface area (Å²) in [5.74, 6) is 0.249. The number of rotatable bonds is 3. The maximum Gasteiger partial charge on any atom is 0.206 e. The Morgan fingerprint density at radius 2 is 2.15 bits per heavy atom. The summed E-state index contributed by atoms with van der Waals surface area (Å²) in [6.07, 6.45) is 0.809. The molecule has 27 heavy (non-hydrogen) atoms. The lowest BCUT2D eigenvalue weighted by atomic mass is 10.1. The van der Waals surface area contributed by atoms with E-state index in [9.17, 15) is 8.78 Å². The molecule has 6 nitrogen and oxygen atoms in total. The molecule has 2 aromatic heterocycles. The predicted molar refractivity (Wildman–Crippen MR) is 97.4 cm³/mol. The Labute approximate surface area is 154 Å². The van der Waals surface area contributed by atoms with Crippen molar-refractivity contribution in [3.05, 3.63) is 53.6 Å². The van der Waals surface area contributed by atoms with Gasteiger partial charge in [0.15, 0.2) is 0 Å². The number of alkyl halides is 1. The molecule has 0 aliphatic carbocycles. The second-order valence-electron chi connectivity index (χ2n) is 6.70. The Morgan fingerprint density at radius 3 is 2.85 bits per heavy atom. The van der Waals surface area contributed by atoms with Gasteiger partial charge in [-0.25, -0.2) is 13.8 Å². The van der Waals surface area contributed by atoms with Gasteiger partial charge in [0.25, 0.3) is 0 Å². The highest BCUT2D eigenvalue weighted by molar-refractivity contribution is 5.79. The van der Waals surface area contributed by atoms with Crippen LogP contribution in [0.1, 0.15) is 17.7 Å². The van der Waals surface area contributed by atoms with Crippen LogP contribution in [0.4, 0.5) is 14.7 Å². The molecule has 1 aromatic carbocycles. The number of hydrogen-bond donors (Lipinski definition) is 1. The molecule has 0 amide bonds. The monoisotopic (exact) mass is 368 g/mol. The van der Waals surface area contributed by atoms with E-state index in [0.717, 1.165) is 11.2 Å².